The number of carbonyl (C=O) groups is 2. The Bertz CT molecular complexity index is 520. The third kappa shape index (κ3) is 4.48. The molecule has 2 amide bonds. The van der Waals surface area contributed by atoms with E-state index in [0.717, 1.165) is 25.1 Å². The van der Waals surface area contributed by atoms with Crippen LogP contribution in [0.3, 0.4) is 0 Å². The van der Waals surface area contributed by atoms with E-state index in [1.165, 1.54) is 5.56 Å². The number of carbonyl (C=O) groups excluding carboxylic acids is 2. The zero-order chi connectivity index (χ0) is 16.2. The van der Waals surface area contributed by atoms with Gasteiger partial charge in [-0.25, -0.2) is 4.79 Å². The summed E-state index contributed by atoms with van der Waals surface area (Å²) in [5.74, 6) is 0.312. The van der Waals surface area contributed by atoms with Gasteiger partial charge in [0.1, 0.15) is 5.60 Å². The standard InChI is InChI=1S/C17H24N2O3/c1-17(2,3)22-16(21)19-10-4-5-14(11-19)13-6-8-15(9-7-13)18-12-20/h6-9,12,14H,4-5,10-11H2,1-3H3,(H,18,20). The Balaban J connectivity index is 2.00. The fraction of sp³-hybridized carbons (Fsp3) is 0.529. The zero-order valence-electron chi connectivity index (χ0n) is 13.5. The van der Waals surface area contributed by atoms with Crippen molar-refractivity contribution in [1.82, 2.24) is 4.90 Å². The van der Waals surface area contributed by atoms with Crippen molar-refractivity contribution in [2.45, 2.75) is 45.1 Å². The van der Waals surface area contributed by atoms with Crippen LogP contribution in [0.15, 0.2) is 24.3 Å². The van der Waals surface area contributed by atoms with Crippen molar-refractivity contribution in [2.75, 3.05) is 18.4 Å². The van der Waals surface area contributed by atoms with Gasteiger partial charge in [0.2, 0.25) is 6.41 Å². The molecular formula is C17H24N2O3. The summed E-state index contributed by atoms with van der Waals surface area (Å²) in [5.41, 5.74) is 1.50. The fourth-order valence-electron chi connectivity index (χ4n) is 2.66. The van der Waals surface area contributed by atoms with Gasteiger partial charge in [0.25, 0.3) is 0 Å². The number of piperidine rings is 1. The Kier molecular flexibility index (Phi) is 5.06. The molecule has 1 aromatic carbocycles. The van der Waals surface area contributed by atoms with Crippen molar-refractivity contribution in [3.63, 3.8) is 0 Å². The predicted molar refractivity (Wildman–Crippen MR) is 85.9 cm³/mol. The lowest BCUT2D eigenvalue weighted by Crippen LogP contribution is -2.42. The molecule has 0 saturated carbocycles. The van der Waals surface area contributed by atoms with E-state index in [1.54, 1.807) is 4.90 Å². The van der Waals surface area contributed by atoms with E-state index in [0.29, 0.717) is 18.9 Å². The SMILES string of the molecule is CC(C)(C)OC(=O)N1CCCC(c2ccc(NC=O)cc2)C1. The van der Waals surface area contributed by atoms with Crippen LogP contribution in [0.2, 0.25) is 0 Å². The van der Waals surface area contributed by atoms with Crippen LogP contribution in [0.1, 0.15) is 45.1 Å². The van der Waals surface area contributed by atoms with Crippen molar-refractivity contribution < 1.29 is 14.3 Å². The van der Waals surface area contributed by atoms with Crippen molar-refractivity contribution >= 4 is 18.2 Å². The van der Waals surface area contributed by atoms with Crippen molar-refractivity contribution in [1.29, 1.82) is 0 Å². The summed E-state index contributed by atoms with van der Waals surface area (Å²) < 4.78 is 5.45. The Hall–Kier alpha value is -2.04. The van der Waals surface area contributed by atoms with Crippen LogP contribution in [0.25, 0.3) is 0 Å². The third-order valence-corrected chi connectivity index (χ3v) is 3.68. The van der Waals surface area contributed by atoms with E-state index in [2.05, 4.69) is 5.32 Å². The second-order valence-corrected chi connectivity index (χ2v) is 6.65. The normalized spacial score (nSPS) is 18.7. The van der Waals surface area contributed by atoms with E-state index in [-0.39, 0.29) is 6.09 Å². The van der Waals surface area contributed by atoms with Gasteiger partial charge < -0.3 is 15.0 Å². The first kappa shape index (κ1) is 16.3. The smallest absolute Gasteiger partial charge is 0.410 e. The number of rotatable bonds is 3. The van der Waals surface area contributed by atoms with Gasteiger partial charge in [-0.3, -0.25) is 4.79 Å². The molecule has 0 spiro atoms. The number of anilines is 1. The largest absolute Gasteiger partial charge is 0.444 e. The highest BCUT2D eigenvalue weighted by atomic mass is 16.6. The van der Waals surface area contributed by atoms with E-state index < -0.39 is 5.60 Å². The lowest BCUT2D eigenvalue weighted by Gasteiger charge is -2.34. The molecule has 1 unspecified atom stereocenters. The molecule has 0 aliphatic carbocycles. The number of benzene rings is 1. The van der Waals surface area contributed by atoms with Crippen LogP contribution in [-0.4, -0.2) is 36.1 Å². The minimum Gasteiger partial charge on any atom is -0.444 e. The van der Waals surface area contributed by atoms with Crippen molar-refractivity contribution in [2.24, 2.45) is 0 Å². The quantitative estimate of drug-likeness (QED) is 0.871. The molecule has 1 N–H and O–H groups in total. The molecule has 1 aromatic rings. The van der Waals surface area contributed by atoms with Gasteiger partial charge in [-0.05, 0) is 51.3 Å². The summed E-state index contributed by atoms with van der Waals surface area (Å²) in [6, 6.07) is 7.79. The first-order valence-corrected chi connectivity index (χ1v) is 7.67. The Morgan fingerprint density at radius 3 is 2.59 bits per heavy atom. The van der Waals surface area contributed by atoms with Gasteiger partial charge in [-0.15, -0.1) is 0 Å². The average Bonchev–Trinajstić information content (AvgIpc) is 2.47. The molecule has 2 rings (SSSR count). The van der Waals surface area contributed by atoms with Crippen LogP contribution in [-0.2, 0) is 9.53 Å². The first-order chi connectivity index (χ1) is 10.4. The molecule has 120 valence electrons. The highest BCUT2D eigenvalue weighted by Gasteiger charge is 2.28. The molecule has 0 bridgehead atoms. The lowest BCUT2D eigenvalue weighted by molar-refractivity contribution is -0.105. The summed E-state index contributed by atoms with van der Waals surface area (Å²) in [5, 5.41) is 2.63. The van der Waals surface area contributed by atoms with Gasteiger partial charge in [-0.2, -0.15) is 0 Å². The Labute approximate surface area is 131 Å². The summed E-state index contributed by atoms with van der Waals surface area (Å²) >= 11 is 0. The second kappa shape index (κ2) is 6.81. The van der Waals surface area contributed by atoms with Gasteiger partial charge in [0, 0.05) is 24.7 Å². The molecule has 1 fully saturated rings. The van der Waals surface area contributed by atoms with Crippen LogP contribution < -0.4 is 5.32 Å². The lowest BCUT2D eigenvalue weighted by atomic mass is 9.91. The highest BCUT2D eigenvalue weighted by molar-refractivity contribution is 5.71. The topological polar surface area (TPSA) is 58.6 Å². The van der Waals surface area contributed by atoms with Gasteiger partial charge in [0.05, 0.1) is 0 Å². The zero-order valence-corrected chi connectivity index (χ0v) is 13.5. The summed E-state index contributed by atoms with van der Waals surface area (Å²) in [6.45, 7) is 7.06. The van der Waals surface area contributed by atoms with Gasteiger partial charge >= 0.3 is 6.09 Å². The molecule has 1 heterocycles. The number of hydrogen-bond acceptors (Lipinski definition) is 3. The molecule has 0 radical (unpaired) electrons. The van der Waals surface area contributed by atoms with Crippen molar-refractivity contribution in [3.05, 3.63) is 29.8 Å². The monoisotopic (exact) mass is 304 g/mol. The third-order valence-electron chi connectivity index (χ3n) is 3.68. The average molecular weight is 304 g/mol. The van der Waals surface area contributed by atoms with Crippen LogP contribution in [0.5, 0.6) is 0 Å². The Morgan fingerprint density at radius 1 is 1.32 bits per heavy atom. The van der Waals surface area contributed by atoms with Crippen LogP contribution >= 0.6 is 0 Å². The minimum absolute atomic E-state index is 0.239. The molecule has 0 aromatic heterocycles. The molecule has 1 aliphatic heterocycles. The predicted octanol–water partition coefficient (Wildman–Crippen LogP) is 3.37. The second-order valence-electron chi connectivity index (χ2n) is 6.65. The summed E-state index contributed by atoms with van der Waals surface area (Å²) in [7, 11) is 0. The molecule has 1 atom stereocenters. The first-order valence-electron chi connectivity index (χ1n) is 7.67. The maximum atomic E-state index is 12.2. The van der Waals surface area contributed by atoms with Gasteiger partial charge in [0.15, 0.2) is 0 Å². The van der Waals surface area contributed by atoms with Crippen LogP contribution in [0.4, 0.5) is 10.5 Å². The highest BCUT2D eigenvalue weighted by Crippen LogP contribution is 2.28. The maximum Gasteiger partial charge on any atom is 0.410 e. The molecule has 5 nitrogen and oxygen atoms in total. The summed E-state index contributed by atoms with van der Waals surface area (Å²) in [6.07, 6.45) is 2.45. The molecule has 5 heteroatoms. The maximum absolute atomic E-state index is 12.2. The van der Waals surface area contributed by atoms with E-state index >= 15 is 0 Å². The number of likely N-dealkylation sites (tertiary alicyclic amines) is 1. The van der Waals surface area contributed by atoms with Crippen molar-refractivity contribution in [3.8, 4) is 0 Å². The fourth-order valence-corrected chi connectivity index (χ4v) is 2.66. The minimum atomic E-state index is -0.466. The number of nitrogens with zero attached hydrogens (tertiary/aromatic N) is 1. The van der Waals surface area contributed by atoms with Gasteiger partial charge in [-0.1, -0.05) is 12.1 Å². The molecule has 1 saturated heterocycles. The number of nitrogens with one attached hydrogen (secondary N) is 1. The summed E-state index contributed by atoms with van der Waals surface area (Å²) in [4.78, 5) is 24.4. The molecular weight excluding hydrogens is 280 g/mol. The molecule has 1 aliphatic rings. The van der Waals surface area contributed by atoms with Crippen LogP contribution in [0, 0.1) is 0 Å². The number of ether oxygens (including phenoxy) is 1. The van der Waals surface area contributed by atoms with E-state index in [9.17, 15) is 9.59 Å². The molecule has 22 heavy (non-hydrogen) atoms. The number of hydrogen-bond donors (Lipinski definition) is 1. The number of amides is 2. The van der Waals surface area contributed by atoms with E-state index in [4.69, 9.17) is 4.74 Å². The Morgan fingerprint density at radius 2 is 2.00 bits per heavy atom. The van der Waals surface area contributed by atoms with E-state index in [1.807, 2.05) is 45.0 Å².